The van der Waals surface area contributed by atoms with E-state index < -0.39 is 0 Å². The van der Waals surface area contributed by atoms with Gasteiger partial charge in [0.25, 0.3) is 0 Å². The molecule has 1 fully saturated rings. The standard InChI is InChI=1S/C28H27NO3/c1-31-26-12-6-10-22(16-26)14-24-19-29(18-21-8-4-3-5-9-21)20-25(28(24)30)15-23-11-7-13-27(17-23)32-2/h3-17H,18-20H2,1-2H3/b24-14-,25-15-. The van der Waals surface area contributed by atoms with Gasteiger partial charge in [-0.2, -0.15) is 0 Å². The fraction of sp³-hybridized carbons (Fsp3) is 0.179. The highest BCUT2D eigenvalue weighted by molar-refractivity contribution is 6.14. The first kappa shape index (κ1) is 21.6. The molecule has 1 aliphatic heterocycles. The molecule has 0 bridgehead atoms. The van der Waals surface area contributed by atoms with Gasteiger partial charge in [-0.3, -0.25) is 9.69 Å². The SMILES string of the molecule is COc1cccc(/C=C2/CN(Cc3ccccc3)C/C(=C/c3cccc(OC)c3)C2=O)c1. The first-order valence-corrected chi connectivity index (χ1v) is 10.6. The smallest absolute Gasteiger partial charge is 0.187 e. The van der Waals surface area contributed by atoms with Crippen LogP contribution in [0, 0.1) is 0 Å². The van der Waals surface area contributed by atoms with Crippen molar-refractivity contribution in [2.24, 2.45) is 0 Å². The lowest BCUT2D eigenvalue weighted by Crippen LogP contribution is -2.37. The molecule has 0 unspecified atom stereocenters. The molecule has 3 aromatic rings. The Balaban J connectivity index is 1.69. The van der Waals surface area contributed by atoms with E-state index >= 15 is 0 Å². The van der Waals surface area contributed by atoms with Crippen molar-refractivity contribution >= 4 is 17.9 Å². The summed E-state index contributed by atoms with van der Waals surface area (Å²) in [5.41, 5.74) is 4.68. The lowest BCUT2D eigenvalue weighted by atomic mass is 9.93. The van der Waals surface area contributed by atoms with Crippen LogP contribution in [0.4, 0.5) is 0 Å². The second-order valence-electron chi connectivity index (χ2n) is 7.85. The summed E-state index contributed by atoms with van der Waals surface area (Å²) in [4.78, 5) is 15.7. The average molecular weight is 426 g/mol. The van der Waals surface area contributed by atoms with Gasteiger partial charge in [-0.05, 0) is 53.1 Å². The molecular weight excluding hydrogens is 398 g/mol. The third kappa shape index (κ3) is 5.34. The van der Waals surface area contributed by atoms with Crippen molar-refractivity contribution in [3.8, 4) is 11.5 Å². The molecular formula is C28H27NO3. The first-order valence-electron chi connectivity index (χ1n) is 10.6. The van der Waals surface area contributed by atoms with Crippen LogP contribution in [0.5, 0.6) is 11.5 Å². The highest BCUT2D eigenvalue weighted by Crippen LogP contribution is 2.25. The van der Waals surface area contributed by atoms with E-state index in [1.54, 1.807) is 14.2 Å². The zero-order valence-corrected chi connectivity index (χ0v) is 18.5. The van der Waals surface area contributed by atoms with Gasteiger partial charge in [-0.1, -0.05) is 54.6 Å². The van der Waals surface area contributed by atoms with Gasteiger partial charge in [0.05, 0.1) is 14.2 Å². The molecule has 0 N–H and O–H groups in total. The maximum absolute atomic E-state index is 13.4. The van der Waals surface area contributed by atoms with Crippen molar-refractivity contribution in [2.75, 3.05) is 27.3 Å². The van der Waals surface area contributed by atoms with Crippen LogP contribution in [0.3, 0.4) is 0 Å². The molecule has 162 valence electrons. The number of hydrogen-bond donors (Lipinski definition) is 0. The number of nitrogens with zero attached hydrogens (tertiary/aromatic N) is 1. The van der Waals surface area contributed by atoms with Crippen LogP contribution in [0.2, 0.25) is 0 Å². The van der Waals surface area contributed by atoms with Crippen LogP contribution in [-0.4, -0.2) is 38.0 Å². The second-order valence-corrected chi connectivity index (χ2v) is 7.85. The zero-order chi connectivity index (χ0) is 22.3. The lowest BCUT2D eigenvalue weighted by molar-refractivity contribution is -0.113. The molecule has 32 heavy (non-hydrogen) atoms. The molecule has 4 heteroatoms. The van der Waals surface area contributed by atoms with Gasteiger partial charge in [-0.15, -0.1) is 0 Å². The van der Waals surface area contributed by atoms with E-state index in [-0.39, 0.29) is 5.78 Å². The van der Waals surface area contributed by atoms with E-state index in [4.69, 9.17) is 9.47 Å². The summed E-state index contributed by atoms with van der Waals surface area (Å²) < 4.78 is 10.7. The summed E-state index contributed by atoms with van der Waals surface area (Å²) in [6.07, 6.45) is 3.95. The predicted octanol–water partition coefficient (Wildman–Crippen LogP) is 5.26. The number of hydrogen-bond acceptors (Lipinski definition) is 4. The molecule has 1 saturated heterocycles. The molecule has 1 heterocycles. The van der Waals surface area contributed by atoms with Crippen LogP contribution in [0.15, 0.2) is 90.0 Å². The van der Waals surface area contributed by atoms with Crippen LogP contribution in [0.25, 0.3) is 12.2 Å². The minimum absolute atomic E-state index is 0.0833. The molecule has 0 aliphatic carbocycles. The highest BCUT2D eigenvalue weighted by Gasteiger charge is 2.26. The zero-order valence-electron chi connectivity index (χ0n) is 18.5. The number of carbonyl (C=O) groups excluding carboxylic acids is 1. The van der Waals surface area contributed by atoms with Crippen LogP contribution < -0.4 is 9.47 Å². The van der Waals surface area contributed by atoms with Gasteiger partial charge in [0.15, 0.2) is 5.78 Å². The van der Waals surface area contributed by atoms with Crippen molar-refractivity contribution in [3.63, 3.8) is 0 Å². The van der Waals surface area contributed by atoms with E-state index in [1.165, 1.54) is 5.56 Å². The van der Waals surface area contributed by atoms with Crippen molar-refractivity contribution in [1.29, 1.82) is 0 Å². The monoisotopic (exact) mass is 425 g/mol. The highest BCUT2D eigenvalue weighted by atomic mass is 16.5. The summed E-state index contributed by atoms with van der Waals surface area (Å²) in [5, 5.41) is 0. The van der Waals surface area contributed by atoms with Gasteiger partial charge in [0.1, 0.15) is 11.5 Å². The minimum Gasteiger partial charge on any atom is -0.497 e. The molecule has 0 amide bonds. The summed E-state index contributed by atoms with van der Waals surface area (Å²) in [5.74, 6) is 1.63. The van der Waals surface area contributed by atoms with Crippen LogP contribution >= 0.6 is 0 Å². The number of Topliss-reactive ketones (excluding diaryl/α,β-unsaturated/α-hetero) is 1. The first-order chi connectivity index (χ1) is 15.6. The maximum Gasteiger partial charge on any atom is 0.187 e. The predicted molar refractivity (Wildman–Crippen MR) is 129 cm³/mol. The van der Waals surface area contributed by atoms with Gasteiger partial charge < -0.3 is 9.47 Å². The van der Waals surface area contributed by atoms with E-state index in [1.807, 2.05) is 78.9 Å². The number of ketones is 1. The minimum atomic E-state index is 0.0833. The van der Waals surface area contributed by atoms with Crippen molar-refractivity contribution in [1.82, 2.24) is 4.90 Å². The molecule has 0 atom stereocenters. The van der Waals surface area contributed by atoms with E-state index in [9.17, 15) is 4.79 Å². The molecule has 4 rings (SSSR count). The molecule has 0 aromatic heterocycles. The van der Waals surface area contributed by atoms with Crippen molar-refractivity contribution in [2.45, 2.75) is 6.54 Å². The number of ether oxygens (including phenoxy) is 2. The normalized spacial score (nSPS) is 17.0. The Hall–Kier alpha value is -3.63. The lowest BCUT2D eigenvalue weighted by Gasteiger charge is -2.30. The summed E-state index contributed by atoms with van der Waals surface area (Å²) in [7, 11) is 3.29. The third-order valence-corrected chi connectivity index (χ3v) is 5.49. The van der Waals surface area contributed by atoms with E-state index in [2.05, 4.69) is 17.0 Å². The van der Waals surface area contributed by atoms with Crippen LogP contribution in [-0.2, 0) is 11.3 Å². The number of carbonyl (C=O) groups is 1. The molecule has 0 saturated carbocycles. The van der Waals surface area contributed by atoms with Gasteiger partial charge in [0, 0.05) is 30.8 Å². The fourth-order valence-electron chi connectivity index (χ4n) is 3.93. The van der Waals surface area contributed by atoms with E-state index in [0.29, 0.717) is 13.1 Å². The molecule has 0 spiro atoms. The number of rotatable bonds is 6. The maximum atomic E-state index is 13.4. The number of benzene rings is 3. The fourth-order valence-corrected chi connectivity index (χ4v) is 3.93. The van der Waals surface area contributed by atoms with Gasteiger partial charge >= 0.3 is 0 Å². The quantitative estimate of drug-likeness (QED) is 0.505. The van der Waals surface area contributed by atoms with Gasteiger partial charge in [-0.25, -0.2) is 0 Å². The second kappa shape index (κ2) is 10.1. The molecule has 3 aromatic carbocycles. The summed E-state index contributed by atoms with van der Waals surface area (Å²) in [6, 6.07) is 25.9. The number of piperidine rings is 1. The Labute approximate surface area is 189 Å². The molecule has 0 radical (unpaired) electrons. The summed E-state index contributed by atoms with van der Waals surface area (Å²) in [6.45, 7) is 1.97. The topological polar surface area (TPSA) is 38.8 Å². The Morgan fingerprint density at radius 2 is 1.28 bits per heavy atom. The van der Waals surface area contributed by atoms with Crippen LogP contribution in [0.1, 0.15) is 16.7 Å². The van der Waals surface area contributed by atoms with Crippen molar-refractivity contribution < 1.29 is 14.3 Å². The van der Waals surface area contributed by atoms with E-state index in [0.717, 1.165) is 40.3 Å². The third-order valence-electron chi connectivity index (χ3n) is 5.49. The number of likely N-dealkylation sites (tertiary alicyclic amines) is 1. The van der Waals surface area contributed by atoms with Crippen molar-refractivity contribution in [3.05, 3.63) is 107 Å². The molecule has 1 aliphatic rings. The Morgan fingerprint density at radius 3 is 1.78 bits per heavy atom. The summed E-state index contributed by atoms with van der Waals surface area (Å²) >= 11 is 0. The van der Waals surface area contributed by atoms with Gasteiger partial charge in [0.2, 0.25) is 0 Å². The Bertz CT molecular complexity index is 1080. The molecule has 4 nitrogen and oxygen atoms in total. The Morgan fingerprint density at radius 1 is 0.750 bits per heavy atom. The number of methoxy groups -OCH3 is 2. The average Bonchev–Trinajstić information content (AvgIpc) is 2.83. The largest absolute Gasteiger partial charge is 0.497 e. The Kier molecular flexibility index (Phi) is 6.83.